The Morgan fingerprint density at radius 2 is 2.18 bits per heavy atom. The summed E-state index contributed by atoms with van der Waals surface area (Å²) in [5, 5.41) is 5.31. The fraction of sp³-hybridized carbons (Fsp3) is 0.0833. The van der Waals surface area contributed by atoms with Gasteiger partial charge in [0.05, 0.1) is 6.26 Å². The van der Waals surface area contributed by atoms with Crippen molar-refractivity contribution in [2.24, 2.45) is 0 Å². The van der Waals surface area contributed by atoms with E-state index in [0.717, 1.165) is 0 Å². The van der Waals surface area contributed by atoms with Crippen molar-refractivity contribution in [2.45, 2.75) is 6.04 Å². The number of rotatable bonds is 1. The molecule has 1 atom stereocenters. The van der Waals surface area contributed by atoms with Gasteiger partial charge in [0.1, 0.15) is 17.6 Å². The number of hydrogen-bond acceptors (Lipinski definition) is 2. The third-order valence-corrected chi connectivity index (χ3v) is 2.68. The quantitative estimate of drug-likeness (QED) is 0.794. The van der Waals surface area contributed by atoms with Crippen molar-refractivity contribution >= 4 is 11.7 Å². The molecule has 1 unspecified atom stereocenters. The molecule has 86 valence electrons. The average molecular weight is 232 g/mol. The maximum atomic E-state index is 13.2. The fourth-order valence-electron chi connectivity index (χ4n) is 1.93. The number of urea groups is 1. The van der Waals surface area contributed by atoms with Gasteiger partial charge in [-0.2, -0.15) is 0 Å². The number of anilines is 1. The summed E-state index contributed by atoms with van der Waals surface area (Å²) in [7, 11) is 0. The van der Waals surface area contributed by atoms with Crippen molar-refractivity contribution in [1.29, 1.82) is 0 Å². The molecule has 0 radical (unpaired) electrons. The first-order valence-electron chi connectivity index (χ1n) is 5.14. The highest BCUT2D eigenvalue weighted by atomic mass is 19.1. The second-order valence-corrected chi connectivity index (χ2v) is 3.78. The standard InChI is InChI=1S/C12H9FN2O2/c13-7-3-4-9-8(6-7)11(15-12(16)14-9)10-2-1-5-17-10/h1-6,11H,(H2,14,15,16). The Kier molecular flexibility index (Phi) is 2.11. The Hall–Kier alpha value is -2.30. The summed E-state index contributed by atoms with van der Waals surface area (Å²) in [6, 6.07) is 6.92. The van der Waals surface area contributed by atoms with E-state index < -0.39 is 6.04 Å². The Morgan fingerprint density at radius 3 is 2.94 bits per heavy atom. The zero-order valence-electron chi connectivity index (χ0n) is 8.74. The molecule has 4 nitrogen and oxygen atoms in total. The van der Waals surface area contributed by atoms with Crippen LogP contribution in [0, 0.1) is 5.82 Å². The van der Waals surface area contributed by atoms with E-state index in [1.165, 1.54) is 18.4 Å². The summed E-state index contributed by atoms with van der Waals surface area (Å²) in [5.74, 6) is 0.227. The zero-order valence-corrected chi connectivity index (χ0v) is 8.74. The third kappa shape index (κ3) is 1.65. The predicted octanol–water partition coefficient (Wildman–Crippen LogP) is 2.64. The van der Waals surface area contributed by atoms with Crippen LogP contribution in [0.15, 0.2) is 41.0 Å². The van der Waals surface area contributed by atoms with Crippen LogP contribution < -0.4 is 10.6 Å². The van der Waals surface area contributed by atoms with E-state index in [1.54, 1.807) is 18.2 Å². The first-order chi connectivity index (χ1) is 8.24. The van der Waals surface area contributed by atoms with E-state index in [0.29, 0.717) is 17.0 Å². The summed E-state index contributed by atoms with van der Waals surface area (Å²) in [6.07, 6.45) is 1.52. The minimum absolute atomic E-state index is 0.328. The number of halogens is 1. The molecular formula is C12H9FN2O2. The summed E-state index contributed by atoms with van der Waals surface area (Å²) in [5.41, 5.74) is 1.25. The smallest absolute Gasteiger partial charge is 0.320 e. The van der Waals surface area contributed by atoms with Gasteiger partial charge in [-0.1, -0.05) is 0 Å². The van der Waals surface area contributed by atoms with Gasteiger partial charge in [-0.05, 0) is 30.3 Å². The molecular weight excluding hydrogens is 223 g/mol. The van der Waals surface area contributed by atoms with Gasteiger partial charge in [-0.25, -0.2) is 9.18 Å². The normalized spacial score (nSPS) is 18.2. The van der Waals surface area contributed by atoms with Crippen molar-refractivity contribution in [3.05, 3.63) is 53.7 Å². The molecule has 0 saturated carbocycles. The van der Waals surface area contributed by atoms with Gasteiger partial charge in [-0.3, -0.25) is 0 Å². The number of benzene rings is 1. The second-order valence-electron chi connectivity index (χ2n) is 3.78. The molecule has 3 rings (SSSR count). The predicted molar refractivity (Wildman–Crippen MR) is 59.1 cm³/mol. The molecule has 0 fully saturated rings. The molecule has 2 heterocycles. The number of nitrogens with one attached hydrogen (secondary N) is 2. The van der Waals surface area contributed by atoms with Crippen LogP contribution in [-0.2, 0) is 0 Å². The third-order valence-electron chi connectivity index (χ3n) is 2.68. The van der Waals surface area contributed by atoms with Crippen LogP contribution in [0.3, 0.4) is 0 Å². The zero-order chi connectivity index (χ0) is 11.8. The second kappa shape index (κ2) is 3.62. The summed E-state index contributed by atoms with van der Waals surface area (Å²) < 4.78 is 18.5. The maximum absolute atomic E-state index is 13.2. The number of amides is 2. The fourth-order valence-corrected chi connectivity index (χ4v) is 1.93. The van der Waals surface area contributed by atoms with Crippen LogP contribution in [0.5, 0.6) is 0 Å². The summed E-state index contributed by atoms with van der Waals surface area (Å²) in [4.78, 5) is 11.5. The monoisotopic (exact) mass is 232 g/mol. The van der Waals surface area contributed by atoms with Crippen LogP contribution in [0.25, 0.3) is 0 Å². The van der Waals surface area contributed by atoms with Gasteiger partial charge >= 0.3 is 6.03 Å². The first kappa shape index (κ1) is 9.89. The van der Waals surface area contributed by atoms with Gasteiger partial charge in [0.2, 0.25) is 0 Å². The van der Waals surface area contributed by atoms with Gasteiger partial charge in [0, 0.05) is 11.3 Å². The molecule has 1 aliphatic heterocycles. The molecule has 5 heteroatoms. The van der Waals surface area contributed by atoms with E-state index in [2.05, 4.69) is 10.6 Å². The van der Waals surface area contributed by atoms with Gasteiger partial charge < -0.3 is 15.1 Å². The number of hydrogen-bond donors (Lipinski definition) is 2. The molecule has 0 saturated heterocycles. The molecule has 0 spiro atoms. The minimum Gasteiger partial charge on any atom is -0.467 e. The Balaban J connectivity index is 2.13. The van der Waals surface area contributed by atoms with Crippen LogP contribution in [0.1, 0.15) is 17.4 Å². The van der Waals surface area contributed by atoms with Gasteiger partial charge in [0.25, 0.3) is 0 Å². The van der Waals surface area contributed by atoms with E-state index >= 15 is 0 Å². The SMILES string of the molecule is O=C1Nc2ccc(F)cc2C(c2ccco2)N1. The molecule has 1 aromatic heterocycles. The van der Waals surface area contributed by atoms with Crippen molar-refractivity contribution in [2.75, 3.05) is 5.32 Å². The van der Waals surface area contributed by atoms with E-state index in [1.807, 2.05) is 0 Å². The van der Waals surface area contributed by atoms with Gasteiger partial charge in [-0.15, -0.1) is 0 Å². The van der Waals surface area contributed by atoms with Crippen molar-refractivity contribution < 1.29 is 13.6 Å². The highest BCUT2D eigenvalue weighted by Gasteiger charge is 2.27. The van der Waals surface area contributed by atoms with Crippen molar-refractivity contribution in [3.8, 4) is 0 Å². The van der Waals surface area contributed by atoms with E-state index in [4.69, 9.17) is 4.42 Å². The molecule has 2 amide bonds. The highest BCUT2D eigenvalue weighted by molar-refractivity contribution is 5.93. The molecule has 0 bridgehead atoms. The molecule has 1 aromatic carbocycles. The first-order valence-corrected chi connectivity index (χ1v) is 5.14. The minimum atomic E-state index is -0.454. The Labute approximate surface area is 96.4 Å². The Morgan fingerprint density at radius 1 is 1.29 bits per heavy atom. The molecule has 2 N–H and O–H groups in total. The van der Waals surface area contributed by atoms with Crippen LogP contribution >= 0.6 is 0 Å². The maximum Gasteiger partial charge on any atom is 0.320 e. The Bertz CT molecular complexity index is 566. The van der Waals surface area contributed by atoms with Crippen molar-refractivity contribution in [3.63, 3.8) is 0 Å². The molecule has 2 aromatic rings. The summed E-state index contributed by atoms with van der Waals surface area (Å²) >= 11 is 0. The number of carbonyl (C=O) groups is 1. The lowest BCUT2D eigenvalue weighted by atomic mass is 10.0. The molecule has 1 aliphatic rings. The average Bonchev–Trinajstić information content (AvgIpc) is 2.82. The molecule has 0 aliphatic carbocycles. The van der Waals surface area contributed by atoms with Crippen LogP contribution in [0.4, 0.5) is 14.9 Å². The van der Waals surface area contributed by atoms with Crippen LogP contribution in [-0.4, -0.2) is 6.03 Å². The number of fused-ring (bicyclic) bond motifs is 1. The molecule has 17 heavy (non-hydrogen) atoms. The largest absolute Gasteiger partial charge is 0.467 e. The lowest BCUT2D eigenvalue weighted by molar-refractivity contribution is 0.247. The highest BCUT2D eigenvalue weighted by Crippen LogP contribution is 2.32. The topological polar surface area (TPSA) is 54.3 Å². The number of carbonyl (C=O) groups excluding carboxylic acids is 1. The lowest BCUT2D eigenvalue weighted by Crippen LogP contribution is -2.38. The van der Waals surface area contributed by atoms with E-state index in [-0.39, 0.29) is 11.8 Å². The van der Waals surface area contributed by atoms with Crippen LogP contribution in [0.2, 0.25) is 0 Å². The number of furan rings is 1. The summed E-state index contributed by atoms with van der Waals surface area (Å²) in [6.45, 7) is 0. The van der Waals surface area contributed by atoms with E-state index in [9.17, 15) is 9.18 Å². The lowest BCUT2D eigenvalue weighted by Gasteiger charge is -2.25. The van der Waals surface area contributed by atoms with Crippen molar-refractivity contribution in [1.82, 2.24) is 5.32 Å². The van der Waals surface area contributed by atoms with Gasteiger partial charge in [0.15, 0.2) is 0 Å².